The highest BCUT2D eigenvalue weighted by molar-refractivity contribution is 5.98. The van der Waals surface area contributed by atoms with Crippen molar-refractivity contribution in [3.05, 3.63) is 82.9 Å². The van der Waals surface area contributed by atoms with Gasteiger partial charge in [-0.1, -0.05) is 42.5 Å². The first-order valence-electron chi connectivity index (χ1n) is 8.94. The number of hydrogen-bond acceptors (Lipinski definition) is 6. The van der Waals surface area contributed by atoms with Crippen LogP contribution < -0.4 is 11.5 Å². The van der Waals surface area contributed by atoms with Crippen LogP contribution in [0.2, 0.25) is 0 Å². The molecule has 0 amide bonds. The van der Waals surface area contributed by atoms with E-state index in [1.165, 1.54) is 5.56 Å². The Balaban J connectivity index is 1.57. The van der Waals surface area contributed by atoms with Gasteiger partial charge >= 0.3 is 0 Å². The van der Waals surface area contributed by atoms with Crippen LogP contribution in [-0.2, 0) is 12.8 Å². The SMILES string of the molecule is Nc1ccc(/N=N/c2ccccc2CC(=O)c2ccc3c(c2)C=CC3)c(N)n1. The number of aromatic nitrogens is 1. The molecule has 4 N–H and O–H groups in total. The molecule has 2 aromatic carbocycles. The maximum Gasteiger partial charge on any atom is 0.167 e. The van der Waals surface area contributed by atoms with Gasteiger partial charge in [0.15, 0.2) is 11.6 Å². The number of carbonyl (C=O) groups is 1. The van der Waals surface area contributed by atoms with Crippen molar-refractivity contribution in [2.24, 2.45) is 10.2 Å². The topological polar surface area (TPSA) is 107 Å². The van der Waals surface area contributed by atoms with E-state index in [0.29, 0.717) is 22.8 Å². The van der Waals surface area contributed by atoms with Gasteiger partial charge in [0.1, 0.15) is 11.5 Å². The van der Waals surface area contributed by atoms with Crippen molar-refractivity contribution in [3.63, 3.8) is 0 Å². The van der Waals surface area contributed by atoms with Gasteiger partial charge in [0, 0.05) is 12.0 Å². The highest BCUT2D eigenvalue weighted by Gasteiger charge is 2.13. The summed E-state index contributed by atoms with van der Waals surface area (Å²) in [6.07, 6.45) is 5.33. The molecule has 0 unspecified atom stereocenters. The standard InChI is InChI=1S/C22H19N5O/c23-21-11-10-19(22(24)25-21)27-26-18-7-2-1-4-16(18)13-20(28)17-9-8-14-5-3-6-15(14)12-17/h1-4,6-12H,5,13H2,(H4,23,24,25)/b27-26+. The van der Waals surface area contributed by atoms with Crippen molar-refractivity contribution in [3.8, 4) is 0 Å². The quantitative estimate of drug-likeness (QED) is 0.504. The predicted molar refractivity (Wildman–Crippen MR) is 111 cm³/mol. The van der Waals surface area contributed by atoms with Gasteiger partial charge in [0.25, 0.3) is 0 Å². The molecule has 4 rings (SSSR count). The van der Waals surface area contributed by atoms with Crippen molar-refractivity contribution < 1.29 is 4.79 Å². The molecule has 6 nitrogen and oxygen atoms in total. The number of carbonyl (C=O) groups excluding carboxylic acids is 1. The first-order valence-corrected chi connectivity index (χ1v) is 8.94. The molecule has 0 radical (unpaired) electrons. The minimum absolute atomic E-state index is 0.0411. The normalized spacial score (nSPS) is 12.4. The average molecular weight is 369 g/mol. The number of ketones is 1. The van der Waals surface area contributed by atoms with E-state index in [1.54, 1.807) is 12.1 Å². The lowest BCUT2D eigenvalue weighted by Crippen LogP contribution is -2.04. The van der Waals surface area contributed by atoms with Crippen LogP contribution >= 0.6 is 0 Å². The Morgan fingerprint density at radius 3 is 2.68 bits per heavy atom. The Labute approximate surface area is 162 Å². The van der Waals surface area contributed by atoms with E-state index in [2.05, 4.69) is 27.4 Å². The summed E-state index contributed by atoms with van der Waals surface area (Å²) < 4.78 is 0. The lowest BCUT2D eigenvalue weighted by molar-refractivity contribution is 0.0993. The zero-order valence-corrected chi connectivity index (χ0v) is 15.2. The van der Waals surface area contributed by atoms with E-state index >= 15 is 0 Å². The van der Waals surface area contributed by atoms with E-state index in [-0.39, 0.29) is 18.0 Å². The first kappa shape index (κ1) is 17.6. The largest absolute Gasteiger partial charge is 0.384 e. The summed E-state index contributed by atoms with van der Waals surface area (Å²) in [6.45, 7) is 0. The third-order valence-corrected chi connectivity index (χ3v) is 4.64. The summed E-state index contributed by atoms with van der Waals surface area (Å²) >= 11 is 0. The molecule has 138 valence electrons. The molecule has 0 spiro atoms. The van der Waals surface area contributed by atoms with Crippen molar-refractivity contribution >= 4 is 34.9 Å². The molecule has 0 aliphatic heterocycles. The lowest BCUT2D eigenvalue weighted by atomic mass is 9.98. The van der Waals surface area contributed by atoms with Crippen molar-refractivity contribution in [1.82, 2.24) is 4.98 Å². The molecule has 1 heterocycles. The van der Waals surface area contributed by atoms with E-state index in [1.807, 2.05) is 42.5 Å². The summed E-state index contributed by atoms with van der Waals surface area (Å²) in [4.78, 5) is 16.8. The minimum atomic E-state index is 0.0411. The van der Waals surface area contributed by atoms with Crippen molar-refractivity contribution in [2.75, 3.05) is 11.5 Å². The summed E-state index contributed by atoms with van der Waals surface area (Å²) in [7, 11) is 0. The number of nitrogens with two attached hydrogens (primary N) is 2. The fraction of sp³-hybridized carbons (Fsp3) is 0.0909. The second-order valence-electron chi connectivity index (χ2n) is 6.59. The number of Topliss-reactive ketones (excluding diaryl/α,β-unsaturated/α-hetero) is 1. The Bertz CT molecular complexity index is 1120. The zero-order valence-electron chi connectivity index (χ0n) is 15.2. The minimum Gasteiger partial charge on any atom is -0.384 e. The van der Waals surface area contributed by atoms with Gasteiger partial charge in [-0.2, -0.15) is 5.11 Å². The number of benzene rings is 2. The fourth-order valence-electron chi connectivity index (χ4n) is 3.13. The highest BCUT2D eigenvalue weighted by Crippen LogP contribution is 2.27. The molecule has 0 fully saturated rings. The number of nitrogen functional groups attached to an aromatic ring is 2. The van der Waals surface area contributed by atoms with Crippen molar-refractivity contribution in [2.45, 2.75) is 12.8 Å². The number of nitrogens with zero attached hydrogens (tertiary/aromatic N) is 3. The monoisotopic (exact) mass is 369 g/mol. The van der Waals surface area contributed by atoms with Gasteiger partial charge in [-0.15, -0.1) is 5.11 Å². The van der Waals surface area contributed by atoms with Gasteiger partial charge in [-0.3, -0.25) is 4.79 Å². The van der Waals surface area contributed by atoms with Gasteiger partial charge < -0.3 is 11.5 Å². The maximum atomic E-state index is 12.8. The number of fused-ring (bicyclic) bond motifs is 1. The predicted octanol–water partition coefficient (Wildman–Crippen LogP) is 4.66. The van der Waals surface area contributed by atoms with Crippen LogP contribution in [0, 0.1) is 0 Å². The summed E-state index contributed by atoms with van der Waals surface area (Å²) in [5.74, 6) is 0.578. The maximum absolute atomic E-state index is 12.8. The van der Waals surface area contributed by atoms with Crippen LogP contribution in [0.5, 0.6) is 0 Å². The van der Waals surface area contributed by atoms with Gasteiger partial charge in [0.2, 0.25) is 0 Å². The Hall–Kier alpha value is -3.80. The molecule has 28 heavy (non-hydrogen) atoms. The zero-order chi connectivity index (χ0) is 19.5. The highest BCUT2D eigenvalue weighted by atomic mass is 16.1. The summed E-state index contributed by atoms with van der Waals surface area (Å²) in [5.41, 5.74) is 16.3. The first-order chi connectivity index (χ1) is 13.6. The third-order valence-electron chi connectivity index (χ3n) is 4.64. The number of hydrogen-bond donors (Lipinski definition) is 2. The number of rotatable bonds is 5. The van der Waals surface area contributed by atoms with Crippen LogP contribution in [-0.4, -0.2) is 10.8 Å². The Kier molecular flexibility index (Phi) is 4.68. The van der Waals surface area contributed by atoms with E-state index < -0.39 is 0 Å². The molecule has 6 heteroatoms. The number of allylic oxidation sites excluding steroid dienone is 1. The van der Waals surface area contributed by atoms with Crippen LogP contribution in [0.15, 0.2) is 70.9 Å². The van der Waals surface area contributed by atoms with Crippen molar-refractivity contribution in [1.29, 1.82) is 0 Å². The molecule has 0 saturated heterocycles. The van der Waals surface area contributed by atoms with E-state index in [0.717, 1.165) is 17.5 Å². The molecule has 1 aliphatic carbocycles. The Morgan fingerprint density at radius 1 is 1.00 bits per heavy atom. The number of pyridine rings is 1. The molecule has 0 bridgehead atoms. The second-order valence-corrected chi connectivity index (χ2v) is 6.59. The smallest absolute Gasteiger partial charge is 0.167 e. The van der Waals surface area contributed by atoms with Crippen LogP contribution in [0.25, 0.3) is 6.08 Å². The molecule has 1 aliphatic rings. The third kappa shape index (κ3) is 3.66. The molecule has 0 atom stereocenters. The second kappa shape index (κ2) is 7.44. The number of azo groups is 1. The van der Waals surface area contributed by atoms with Crippen LogP contribution in [0.4, 0.5) is 23.0 Å². The van der Waals surface area contributed by atoms with E-state index in [4.69, 9.17) is 11.5 Å². The Morgan fingerprint density at radius 2 is 1.82 bits per heavy atom. The lowest BCUT2D eigenvalue weighted by Gasteiger charge is -2.07. The molecule has 1 aromatic heterocycles. The van der Waals surface area contributed by atoms with Crippen LogP contribution in [0.1, 0.15) is 27.0 Å². The summed E-state index contributed by atoms with van der Waals surface area (Å²) in [6, 6.07) is 16.6. The van der Waals surface area contributed by atoms with Gasteiger partial charge in [0.05, 0.1) is 5.69 Å². The molecule has 0 saturated carbocycles. The van der Waals surface area contributed by atoms with Gasteiger partial charge in [-0.25, -0.2) is 4.98 Å². The van der Waals surface area contributed by atoms with Crippen LogP contribution in [0.3, 0.4) is 0 Å². The average Bonchev–Trinajstić information content (AvgIpc) is 3.16. The number of anilines is 2. The molecular formula is C22H19N5O. The van der Waals surface area contributed by atoms with Gasteiger partial charge in [-0.05, 0) is 47.4 Å². The fourth-order valence-corrected chi connectivity index (χ4v) is 3.13. The summed E-state index contributed by atoms with van der Waals surface area (Å²) in [5, 5.41) is 8.44. The molecule has 3 aromatic rings. The molecular weight excluding hydrogens is 350 g/mol. The van der Waals surface area contributed by atoms with E-state index in [9.17, 15) is 4.79 Å².